The predicted octanol–water partition coefficient (Wildman–Crippen LogP) is 2.57. The summed E-state index contributed by atoms with van der Waals surface area (Å²) in [5.74, 6) is 0.504. The largest absolute Gasteiger partial charge is 0.496 e. The van der Waals surface area contributed by atoms with Gasteiger partial charge in [0.1, 0.15) is 17.1 Å². The maximum Gasteiger partial charge on any atom is 0.346 e. The van der Waals surface area contributed by atoms with Gasteiger partial charge in [0.2, 0.25) is 11.9 Å². The number of hydrogen-bond acceptors (Lipinski definition) is 9. The minimum atomic E-state index is -0.633. The Morgan fingerprint density at radius 3 is 2.29 bits per heavy atom. The first kappa shape index (κ1) is 18.9. The van der Waals surface area contributed by atoms with E-state index >= 15 is 0 Å². The molecule has 0 saturated carbocycles. The van der Waals surface area contributed by atoms with Crippen LogP contribution in [0.15, 0.2) is 48.5 Å². The van der Waals surface area contributed by atoms with Crippen molar-refractivity contribution in [1.82, 2.24) is 15.0 Å². The maximum atomic E-state index is 12.5. The third kappa shape index (κ3) is 4.44. The SMILES string of the molecule is COc1cccc(OC)c1C(=O)OCc1nc(N)nc(Nc2ccccc2)n1. The minimum absolute atomic E-state index is 0.00866. The molecule has 0 aliphatic carbocycles. The normalized spacial score (nSPS) is 10.2. The van der Waals surface area contributed by atoms with E-state index in [1.807, 2.05) is 30.3 Å². The van der Waals surface area contributed by atoms with Crippen molar-refractivity contribution < 1.29 is 19.0 Å². The van der Waals surface area contributed by atoms with Crippen LogP contribution in [-0.4, -0.2) is 35.1 Å². The van der Waals surface area contributed by atoms with Crippen LogP contribution in [0, 0.1) is 0 Å². The lowest BCUT2D eigenvalue weighted by Crippen LogP contribution is -2.12. The van der Waals surface area contributed by atoms with Crippen LogP contribution in [0.5, 0.6) is 11.5 Å². The highest BCUT2D eigenvalue weighted by Crippen LogP contribution is 2.29. The second-order valence-corrected chi connectivity index (χ2v) is 5.54. The van der Waals surface area contributed by atoms with Crippen LogP contribution < -0.4 is 20.5 Å². The fraction of sp³-hybridized carbons (Fsp3) is 0.158. The van der Waals surface area contributed by atoms with Crippen molar-refractivity contribution in [2.75, 3.05) is 25.3 Å². The van der Waals surface area contributed by atoms with E-state index in [0.717, 1.165) is 5.69 Å². The molecule has 144 valence electrons. The molecule has 3 N–H and O–H groups in total. The smallest absolute Gasteiger partial charge is 0.346 e. The highest BCUT2D eigenvalue weighted by atomic mass is 16.5. The first-order chi connectivity index (χ1) is 13.6. The fourth-order valence-electron chi connectivity index (χ4n) is 2.46. The van der Waals surface area contributed by atoms with Gasteiger partial charge in [-0.15, -0.1) is 0 Å². The summed E-state index contributed by atoms with van der Waals surface area (Å²) in [4.78, 5) is 24.8. The van der Waals surface area contributed by atoms with Gasteiger partial charge in [-0.05, 0) is 24.3 Å². The summed E-state index contributed by atoms with van der Waals surface area (Å²) in [5, 5.41) is 3.02. The fourth-order valence-corrected chi connectivity index (χ4v) is 2.46. The summed E-state index contributed by atoms with van der Waals surface area (Å²) in [7, 11) is 2.92. The number of esters is 1. The van der Waals surface area contributed by atoms with Gasteiger partial charge >= 0.3 is 5.97 Å². The van der Waals surface area contributed by atoms with E-state index in [1.54, 1.807) is 18.2 Å². The lowest BCUT2D eigenvalue weighted by molar-refractivity contribution is 0.0454. The second-order valence-electron chi connectivity index (χ2n) is 5.54. The average Bonchev–Trinajstić information content (AvgIpc) is 2.71. The molecule has 3 rings (SSSR count). The molecule has 0 amide bonds. The molecule has 0 atom stereocenters. The first-order valence-corrected chi connectivity index (χ1v) is 8.31. The molecule has 0 spiro atoms. The lowest BCUT2D eigenvalue weighted by atomic mass is 10.2. The lowest BCUT2D eigenvalue weighted by Gasteiger charge is -2.12. The third-order valence-corrected chi connectivity index (χ3v) is 3.69. The number of nitrogen functional groups attached to an aromatic ring is 1. The number of nitrogens with one attached hydrogen (secondary N) is 1. The molecule has 1 heterocycles. The number of aromatic nitrogens is 3. The van der Waals surface area contributed by atoms with Crippen molar-refractivity contribution in [2.45, 2.75) is 6.61 Å². The Balaban J connectivity index is 1.75. The molecule has 9 nitrogen and oxygen atoms in total. The molecule has 0 aliphatic rings. The number of ether oxygens (including phenoxy) is 3. The van der Waals surface area contributed by atoms with Crippen LogP contribution in [-0.2, 0) is 11.3 Å². The summed E-state index contributed by atoms with van der Waals surface area (Å²) < 4.78 is 15.8. The Morgan fingerprint density at radius 2 is 1.64 bits per heavy atom. The Labute approximate surface area is 161 Å². The van der Waals surface area contributed by atoms with Crippen molar-refractivity contribution in [3.8, 4) is 11.5 Å². The zero-order valence-corrected chi connectivity index (χ0v) is 15.4. The van der Waals surface area contributed by atoms with Crippen LogP contribution in [0.1, 0.15) is 16.2 Å². The Bertz CT molecular complexity index is 944. The zero-order chi connectivity index (χ0) is 19.9. The van der Waals surface area contributed by atoms with E-state index in [-0.39, 0.29) is 29.9 Å². The first-order valence-electron chi connectivity index (χ1n) is 8.31. The van der Waals surface area contributed by atoms with Crippen LogP contribution in [0.2, 0.25) is 0 Å². The van der Waals surface area contributed by atoms with Crippen molar-refractivity contribution in [2.24, 2.45) is 0 Å². The zero-order valence-electron chi connectivity index (χ0n) is 15.4. The molecule has 28 heavy (non-hydrogen) atoms. The molecule has 0 fully saturated rings. The van der Waals surface area contributed by atoms with E-state index in [4.69, 9.17) is 19.9 Å². The van der Waals surface area contributed by atoms with Gasteiger partial charge in [0.15, 0.2) is 12.4 Å². The van der Waals surface area contributed by atoms with Crippen LogP contribution >= 0.6 is 0 Å². The number of nitrogens with two attached hydrogens (primary N) is 1. The van der Waals surface area contributed by atoms with Crippen molar-refractivity contribution in [1.29, 1.82) is 0 Å². The number of para-hydroxylation sites is 1. The number of nitrogens with zero attached hydrogens (tertiary/aromatic N) is 3. The van der Waals surface area contributed by atoms with Crippen LogP contribution in [0.4, 0.5) is 17.6 Å². The molecule has 0 unspecified atom stereocenters. The van der Waals surface area contributed by atoms with E-state index in [9.17, 15) is 4.79 Å². The number of carbonyl (C=O) groups excluding carboxylic acids is 1. The predicted molar refractivity (Wildman–Crippen MR) is 103 cm³/mol. The highest BCUT2D eigenvalue weighted by Gasteiger charge is 2.20. The van der Waals surface area contributed by atoms with Crippen LogP contribution in [0.3, 0.4) is 0 Å². The summed E-state index contributed by atoms with van der Waals surface area (Å²) in [6.07, 6.45) is 0. The monoisotopic (exact) mass is 381 g/mol. The van der Waals surface area contributed by atoms with Gasteiger partial charge < -0.3 is 25.3 Å². The summed E-state index contributed by atoms with van der Waals surface area (Å²) in [6, 6.07) is 14.3. The number of rotatable bonds is 7. The molecular formula is C19H19N5O4. The maximum absolute atomic E-state index is 12.5. The van der Waals surface area contributed by atoms with Gasteiger partial charge in [0.05, 0.1) is 14.2 Å². The summed E-state index contributed by atoms with van der Waals surface area (Å²) in [5.41, 5.74) is 6.70. The average molecular weight is 381 g/mol. The Hall–Kier alpha value is -3.88. The van der Waals surface area contributed by atoms with E-state index < -0.39 is 5.97 Å². The molecule has 2 aromatic carbocycles. The van der Waals surface area contributed by atoms with Crippen molar-refractivity contribution in [3.05, 3.63) is 59.9 Å². The molecule has 1 aromatic heterocycles. The van der Waals surface area contributed by atoms with Gasteiger partial charge in [-0.2, -0.15) is 15.0 Å². The topological polar surface area (TPSA) is 121 Å². The van der Waals surface area contributed by atoms with Gasteiger partial charge in [0.25, 0.3) is 0 Å². The molecule has 9 heteroatoms. The van der Waals surface area contributed by atoms with Gasteiger partial charge in [-0.25, -0.2) is 4.79 Å². The molecule has 0 radical (unpaired) electrons. The molecule has 0 bridgehead atoms. The molecule has 0 aliphatic heterocycles. The highest BCUT2D eigenvalue weighted by molar-refractivity contribution is 5.95. The molecule has 0 saturated heterocycles. The summed E-state index contributed by atoms with van der Waals surface area (Å²) in [6.45, 7) is -0.198. The van der Waals surface area contributed by atoms with Gasteiger partial charge in [-0.1, -0.05) is 24.3 Å². The number of anilines is 3. The molecular weight excluding hydrogens is 362 g/mol. The van der Waals surface area contributed by atoms with Crippen LogP contribution in [0.25, 0.3) is 0 Å². The van der Waals surface area contributed by atoms with Gasteiger partial charge in [-0.3, -0.25) is 0 Å². The van der Waals surface area contributed by atoms with Crippen molar-refractivity contribution in [3.63, 3.8) is 0 Å². The molecule has 3 aromatic rings. The Morgan fingerprint density at radius 1 is 0.964 bits per heavy atom. The van der Waals surface area contributed by atoms with E-state index in [0.29, 0.717) is 11.5 Å². The number of hydrogen-bond donors (Lipinski definition) is 2. The second kappa shape index (κ2) is 8.67. The standard InChI is InChI=1S/C19H19N5O4/c1-26-13-9-6-10-14(27-2)16(13)17(25)28-11-15-22-18(20)24-19(23-15)21-12-7-4-3-5-8-12/h3-10H,11H2,1-2H3,(H3,20,21,22,23,24). The van der Waals surface area contributed by atoms with Crippen molar-refractivity contribution >= 4 is 23.6 Å². The van der Waals surface area contributed by atoms with Gasteiger partial charge in [0, 0.05) is 5.69 Å². The number of benzene rings is 2. The number of carbonyl (C=O) groups is 1. The van der Waals surface area contributed by atoms with E-state index in [2.05, 4.69) is 20.3 Å². The minimum Gasteiger partial charge on any atom is -0.496 e. The quantitative estimate of drug-likeness (QED) is 0.595. The third-order valence-electron chi connectivity index (χ3n) is 3.69. The Kier molecular flexibility index (Phi) is 5.85. The summed E-state index contributed by atoms with van der Waals surface area (Å²) >= 11 is 0. The van der Waals surface area contributed by atoms with E-state index in [1.165, 1.54) is 14.2 Å². The number of methoxy groups -OCH3 is 2.